The molecule has 0 aromatic heterocycles. The summed E-state index contributed by atoms with van der Waals surface area (Å²) in [7, 11) is -3.68. The molecule has 1 aliphatic carbocycles. The molecule has 0 aromatic carbocycles. The van der Waals surface area contributed by atoms with Crippen LogP contribution in [0.25, 0.3) is 0 Å². The maximum absolute atomic E-state index is 12.5. The summed E-state index contributed by atoms with van der Waals surface area (Å²) in [6, 6.07) is 1.89. The van der Waals surface area contributed by atoms with Gasteiger partial charge >= 0.3 is 5.97 Å². The molecule has 106 valence electrons. The lowest BCUT2D eigenvalue weighted by atomic mass is 10.1. The number of sulfonamides is 1. The molecule has 1 saturated heterocycles. The predicted octanol–water partition coefficient (Wildman–Crippen LogP) is -0.206. The Hall–Kier alpha value is -1.17. The highest BCUT2D eigenvalue weighted by atomic mass is 32.2. The van der Waals surface area contributed by atoms with E-state index in [0.29, 0.717) is 19.3 Å². The number of nitrogens with zero attached hydrogens (tertiary/aromatic N) is 2. The topological polar surface area (TPSA) is 108 Å². The zero-order chi connectivity index (χ0) is 14.0. The quantitative estimate of drug-likeness (QED) is 0.770. The molecule has 2 fully saturated rings. The van der Waals surface area contributed by atoms with Crippen LogP contribution in [0.1, 0.15) is 19.3 Å². The molecule has 0 aromatic rings. The Morgan fingerprint density at radius 3 is 2.79 bits per heavy atom. The maximum Gasteiger partial charge on any atom is 0.307 e. The van der Waals surface area contributed by atoms with Crippen LogP contribution in [-0.2, 0) is 19.6 Å². The van der Waals surface area contributed by atoms with Gasteiger partial charge in [-0.1, -0.05) is 6.42 Å². The lowest BCUT2D eigenvalue weighted by Crippen LogP contribution is -2.49. The zero-order valence-corrected chi connectivity index (χ0v) is 11.2. The van der Waals surface area contributed by atoms with Gasteiger partial charge in [-0.3, -0.25) is 4.79 Å². The largest absolute Gasteiger partial charge is 0.481 e. The normalized spacial score (nSPS) is 32.9. The first-order valence-electron chi connectivity index (χ1n) is 6.20. The van der Waals surface area contributed by atoms with Gasteiger partial charge in [-0.2, -0.15) is 9.57 Å². The molecule has 1 saturated carbocycles. The van der Waals surface area contributed by atoms with Gasteiger partial charge in [0.2, 0.25) is 10.0 Å². The summed E-state index contributed by atoms with van der Waals surface area (Å²) in [6.45, 7) is 0.340. The monoisotopic (exact) mass is 288 g/mol. The molecule has 8 heteroatoms. The van der Waals surface area contributed by atoms with E-state index in [9.17, 15) is 13.2 Å². The summed E-state index contributed by atoms with van der Waals surface area (Å²) in [5.74, 6) is -1.90. The van der Waals surface area contributed by atoms with E-state index >= 15 is 0 Å². The van der Waals surface area contributed by atoms with Gasteiger partial charge in [0.1, 0.15) is 0 Å². The summed E-state index contributed by atoms with van der Waals surface area (Å²) in [5, 5.41) is 17.0. The highest BCUT2D eigenvalue weighted by molar-refractivity contribution is 7.89. The van der Waals surface area contributed by atoms with E-state index in [0.717, 1.165) is 0 Å². The molecule has 1 aliphatic heterocycles. The fourth-order valence-electron chi connectivity index (χ4n) is 2.69. The van der Waals surface area contributed by atoms with E-state index in [1.165, 1.54) is 4.31 Å². The SMILES string of the molecule is N#CC1CN(S(=O)(=O)C2CCCC2C(=O)O)CCO1. The molecule has 1 N–H and O–H groups in total. The van der Waals surface area contributed by atoms with E-state index in [4.69, 9.17) is 15.1 Å². The van der Waals surface area contributed by atoms with Crippen molar-refractivity contribution in [3.05, 3.63) is 0 Å². The summed E-state index contributed by atoms with van der Waals surface area (Å²) < 4.78 is 31.2. The lowest BCUT2D eigenvalue weighted by molar-refractivity contribution is -0.141. The molecule has 1 heterocycles. The molecular weight excluding hydrogens is 272 g/mol. The molecule has 0 amide bonds. The van der Waals surface area contributed by atoms with Crippen LogP contribution in [-0.4, -0.2) is 54.8 Å². The van der Waals surface area contributed by atoms with E-state index in [2.05, 4.69) is 0 Å². The molecule has 7 nitrogen and oxygen atoms in total. The number of morpholine rings is 1. The van der Waals surface area contributed by atoms with Gasteiger partial charge in [-0.15, -0.1) is 0 Å². The second kappa shape index (κ2) is 5.45. The smallest absolute Gasteiger partial charge is 0.307 e. The minimum absolute atomic E-state index is 0.0122. The van der Waals surface area contributed by atoms with E-state index < -0.39 is 33.3 Å². The highest BCUT2D eigenvalue weighted by Gasteiger charge is 2.45. The van der Waals surface area contributed by atoms with Gasteiger partial charge in [0.05, 0.1) is 30.4 Å². The van der Waals surface area contributed by atoms with Crippen LogP contribution in [0.5, 0.6) is 0 Å². The van der Waals surface area contributed by atoms with Gasteiger partial charge in [-0.25, -0.2) is 8.42 Å². The number of nitriles is 1. The fourth-order valence-corrected chi connectivity index (χ4v) is 4.88. The van der Waals surface area contributed by atoms with Crippen LogP contribution in [0.2, 0.25) is 0 Å². The molecule has 0 bridgehead atoms. The molecule has 2 rings (SSSR count). The molecule has 3 unspecified atom stereocenters. The number of rotatable bonds is 3. The number of aliphatic carboxylic acids is 1. The van der Waals surface area contributed by atoms with Crippen LogP contribution in [0.4, 0.5) is 0 Å². The second-order valence-electron chi connectivity index (χ2n) is 4.81. The fraction of sp³-hybridized carbons (Fsp3) is 0.818. The number of ether oxygens (including phenoxy) is 1. The molecule has 3 atom stereocenters. The summed E-state index contributed by atoms with van der Waals surface area (Å²) in [4.78, 5) is 11.1. The minimum Gasteiger partial charge on any atom is -0.481 e. The van der Waals surface area contributed by atoms with Crippen molar-refractivity contribution in [3.63, 3.8) is 0 Å². The lowest BCUT2D eigenvalue weighted by Gasteiger charge is -2.32. The molecule has 0 spiro atoms. The minimum atomic E-state index is -3.68. The van der Waals surface area contributed by atoms with Crippen molar-refractivity contribution in [2.75, 3.05) is 19.7 Å². The average molecular weight is 288 g/mol. The van der Waals surface area contributed by atoms with Gasteiger partial charge in [0.25, 0.3) is 0 Å². The van der Waals surface area contributed by atoms with Gasteiger partial charge < -0.3 is 9.84 Å². The maximum atomic E-state index is 12.5. The summed E-state index contributed by atoms with van der Waals surface area (Å²) in [6.07, 6.45) is 0.597. The van der Waals surface area contributed by atoms with Crippen molar-refractivity contribution >= 4 is 16.0 Å². The Balaban J connectivity index is 2.18. The van der Waals surface area contributed by atoms with Crippen LogP contribution in [0, 0.1) is 17.2 Å². The van der Waals surface area contributed by atoms with Crippen molar-refractivity contribution in [1.82, 2.24) is 4.31 Å². The number of carboxylic acids is 1. The number of carboxylic acid groups (broad SMARTS) is 1. The van der Waals surface area contributed by atoms with E-state index in [1.807, 2.05) is 6.07 Å². The van der Waals surface area contributed by atoms with Crippen LogP contribution in [0.3, 0.4) is 0 Å². The Kier molecular flexibility index (Phi) is 4.08. The Labute approximate surface area is 111 Å². The first kappa shape index (κ1) is 14.2. The van der Waals surface area contributed by atoms with Gasteiger partial charge in [-0.05, 0) is 12.8 Å². The molecular formula is C11H16N2O5S. The van der Waals surface area contributed by atoms with Crippen molar-refractivity contribution in [2.24, 2.45) is 5.92 Å². The second-order valence-corrected chi connectivity index (χ2v) is 6.96. The van der Waals surface area contributed by atoms with Crippen molar-refractivity contribution in [3.8, 4) is 6.07 Å². The van der Waals surface area contributed by atoms with Crippen molar-refractivity contribution < 1.29 is 23.1 Å². The first-order chi connectivity index (χ1) is 8.96. The third-order valence-corrected chi connectivity index (χ3v) is 6.07. The summed E-state index contributed by atoms with van der Waals surface area (Å²) in [5.41, 5.74) is 0. The van der Waals surface area contributed by atoms with Crippen LogP contribution < -0.4 is 0 Å². The van der Waals surface area contributed by atoms with Crippen molar-refractivity contribution in [1.29, 1.82) is 5.26 Å². The van der Waals surface area contributed by atoms with Gasteiger partial charge in [0.15, 0.2) is 6.10 Å². The van der Waals surface area contributed by atoms with E-state index in [-0.39, 0.29) is 19.7 Å². The Bertz CT molecular complexity index is 498. The Morgan fingerprint density at radius 1 is 1.42 bits per heavy atom. The Morgan fingerprint density at radius 2 is 2.16 bits per heavy atom. The number of carbonyl (C=O) groups is 1. The molecule has 19 heavy (non-hydrogen) atoms. The van der Waals surface area contributed by atoms with Gasteiger partial charge in [0, 0.05) is 6.54 Å². The third kappa shape index (κ3) is 2.73. The standard InChI is InChI=1S/C11H16N2O5S/c12-6-8-7-13(4-5-18-8)19(16,17)10-3-1-2-9(10)11(14)15/h8-10H,1-5,7H2,(H,14,15). The third-order valence-electron chi connectivity index (χ3n) is 3.69. The molecule has 2 aliphatic rings. The highest BCUT2D eigenvalue weighted by Crippen LogP contribution is 2.33. The molecule has 0 radical (unpaired) electrons. The van der Waals surface area contributed by atoms with Crippen LogP contribution >= 0.6 is 0 Å². The van der Waals surface area contributed by atoms with Crippen LogP contribution in [0.15, 0.2) is 0 Å². The van der Waals surface area contributed by atoms with Crippen molar-refractivity contribution in [2.45, 2.75) is 30.6 Å². The first-order valence-corrected chi connectivity index (χ1v) is 7.70. The summed E-state index contributed by atoms with van der Waals surface area (Å²) >= 11 is 0. The zero-order valence-electron chi connectivity index (χ0n) is 10.4. The average Bonchev–Trinajstić information content (AvgIpc) is 2.89. The number of hydrogen-bond acceptors (Lipinski definition) is 5. The van der Waals surface area contributed by atoms with E-state index in [1.54, 1.807) is 0 Å². The predicted molar refractivity (Wildman–Crippen MR) is 64.6 cm³/mol. The number of hydrogen-bond donors (Lipinski definition) is 1.